The molecule has 0 aliphatic carbocycles. The number of non-ortho nitro benzene ring substituents is 1. The number of nitro benzene ring substituents is 1. The van der Waals surface area contributed by atoms with Crippen LogP contribution in [-0.2, 0) is 17.8 Å². The molecule has 0 unspecified atom stereocenters. The summed E-state index contributed by atoms with van der Waals surface area (Å²) in [5.74, 6) is 2.14. The molecule has 0 saturated carbocycles. The number of hydrogen-bond donors (Lipinski definition) is 0. The van der Waals surface area contributed by atoms with Crippen LogP contribution < -0.4 is 4.80 Å². The molecular formula is C21H17N3O3S. The van der Waals surface area contributed by atoms with E-state index in [1.165, 1.54) is 41.2 Å². The summed E-state index contributed by atoms with van der Waals surface area (Å²) in [4.78, 5) is 27.4. The van der Waals surface area contributed by atoms with Crippen molar-refractivity contribution in [1.29, 1.82) is 0 Å². The second kappa shape index (κ2) is 8.46. The topological polar surface area (TPSA) is 77.5 Å². The largest absolute Gasteiger partial charge is 0.305 e. The number of hydrogen-bond acceptors (Lipinski definition) is 4. The number of carbonyl (C=O) groups excluding carboxylic acids is 1. The Kier molecular flexibility index (Phi) is 5.82. The van der Waals surface area contributed by atoms with Crippen molar-refractivity contribution in [3.63, 3.8) is 0 Å². The van der Waals surface area contributed by atoms with Gasteiger partial charge in [-0.3, -0.25) is 14.9 Å². The van der Waals surface area contributed by atoms with Gasteiger partial charge in [0.05, 0.1) is 21.7 Å². The predicted molar refractivity (Wildman–Crippen MR) is 111 cm³/mol. The van der Waals surface area contributed by atoms with Crippen LogP contribution in [-0.4, -0.2) is 15.4 Å². The fourth-order valence-electron chi connectivity index (χ4n) is 2.71. The van der Waals surface area contributed by atoms with E-state index in [0.717, 1.165) is 16.6 Å². The SMILES string of the molecule is C#CCn1c(=NC(=O)/C=C/c2cccc([N+](=O)[O-])c2)sc2cc(CC)ccc21. The van der Waals surface area contributed by atoms with Crippen LogP contribution in [0.3, 0.4) is 0 Å². The van der Waals surface area contributed by atoms with Crippen LogP contribution in [0.5, 0.6) is 0 Å². The van der Waals surface area contributed by atoms with Gasteiger partial charge in [-0.15, -0.1) is 6.42 Å². The highest BCUT2D eigenvalue weighted by atomic mass is 32.1. The first kappa shape index (κ1) is 19.3. The zero-order valence-electron chi connectivity index (χ0n) is 15.2. The van der Waals surface area contributed by atoms with Crippen molar-refractivity contribution in [1.82, 2.24) is 4.57 Å². The van der Waals surface area contributed by atoms with Gasteiger partial charge >= 0.3 is 0 Å². The number of terminal acetylenes is 1. The third-order valence-corrected chi connectivity index (χ3v) is 5.15. The zero-order chi connectivity index (χ0) is 20.1. The van der Waals surface area contributed by atoms with Crippen molar-refractivity contribution in [3.05, 3.63) is 74.6 Å². The Bertz CT molecular complexity index is 1200. The molecule has 0 fully saturated rings. The van der Waals surface area contributed by atoms with E-state index >= 15 is 0 Å². The Morgan fingerprint density at radius 1 is 1.36 bits per heavy atom. The molecule has 3 rings (SSSR count). The van der Waals surface area contributed by atoms with Gasteiger partial charge in [-0.25, -0.2) is 0 Å². The number of nitrogens with zero attached hydrogens (tertiary/aromatic N) is 3. The zero-order valence-corrected chi connectivity index (χ0v) is 16.0. The average Bonchev–Trinajstić information content (AvgIpc) is 3.03. The Morgan fingerprint density at radius 3 is 2.89 bits per heavy atom. The Labute approximate surface area is 165 Å². The minimum atomic E-state index is -0.478. The fourth-order valence-corrected chi connectivity index (χ4v) is 3.81. The second-order valence-electron chi connectivity index (χ2n) is 5.97. The van der Waals surface area contributed by atoms with Gasteiger partial charge in [-0.05, 0) is 35.8 Å². The standard InChI is InChI=1S/C21H17N3O3S/c1-3-12-23-18-10-8-15(4-2)14-19(18)28-21(23)22-20(25)11-9-16-6-5-7-17(13-16)24(26)27/h1,5-11,13-14H,4,12H2,2H3/b11-9+,22-21?. The van der Waals surface area contributed by atoms with Gasteiger partial charge in [0.25, 0.3) is 11.6 Å². The van der Waals surface area contributed by atoms with Crippen molar-refractivity contribution < 1.29 is 9.72 Å². The number of fused-ring (bicyclic) bond motifs is 1. The molecule has 7 heteroatoms. The first-order valence-electron chi connectivity index (χ1n) is 8.58. The van der Waals surface area contributed by atoms with Crippen LogP contribution in [0.2, 0.25) is 0 Å². The maximum absolute atomic E-state index is 12.3. The molecule has 0 aliphatic heterocycles. The van der Waals surface area contributed by atoms with Gasteiger partial charge in [-0.1, -0.05) is 42.4 Å². The van der Waals surface area contributed by atoms with E-state index in [2.05, 4.69) is 23.9 Å². The third kappa shape index (κ3) is 4.24. The van der Waals surface area contributed by atoms with Crippen molar-refractivity contribution in [2.45, 2.75) is 19.9 Å². The summed E-state index contributed by atoms with van der Waals surface area (Å²) in [6.45, 7) is 2.39. The number of benzene rings is 2. The number of aromatic nitrogens is 1. The second-order valence-corrected chi connectivity index (χ2v) is 6.98. The number of carbonyl (C=O) groups is 1. The molecule has 1 heterocycles. The Hall–Kier alpha value is -3.50. The monoisotopic (exact) mass is 391 g/mol. The van der Waals surface area contributed by atoms with Crippen molar-refractivity contribution in [2.75, 3.05) is 0 Å². The van der Waals surface area contributed by atoms with Crippen LogP contribution >= 0.6 is 11.3 Å². The molecule has 0 bridgehead atoms. The van der Waals surface area contributed by atoms with Crippen LogP contribution in [0.25, 0.3) is 16.3 Å². The molecule has 6 nitrogen and oxygen atoms in total. The molecule has 0 N–H and O–H groups in total. The van der Waals surface area contributed by atoms with Crippen LogP contribution in [0.15, 0.2) is 53.5 Å². The van der Waals surface area contributed by atoms with Crippen LogP contribution in [0, 0.1) is 22.5 Å². The lowest BCUT2D eigenvalue weighted by Crippen LogP contribution is -2.15. The number of aryl methyl sites for hydroxylation is 1. The van der Waals surface area contributed by atoms with E-state index in [9.17, 15) is 14.9 Å². The molecule has 1 amide bonds. The molecule has 140 valence electrons. The van der Waals surface area contributed by atoms with Gasteiger partial charge in [0.15, 0.2) is 4.80 Å². The minimum absolute atomic E-state index is 0.0327. The number of amides is 1. The normalized spacial score (nSPS) is 11.8. The van der Waals surface area contributed by atoms with Crippen molar-refractivity contribution in [2.24, 2.45) is 4.99 Å². The molecule has 1 aromatic heterocycles. The highest BCUT2D eigenvalue weighted by Crippen LogP contribution is 2.19. The lowest BCUT2D eigenvalue weighted by Gasteiger charge is -2.00. The molecule has 3 aromatic rings. The van der Waals surface area contributed by atoms with E-state index < -0.39 is 10.8 Å². The molecular weight excluding hydrogens is 374 g/mol. The smallest absolute Gasteiger partial charge is 0.272 e. The van der Waals surface area contributed by atoms with E-state index in [0.29, 0.717) is 16.9 Å². The molecule has 0 radical (unpaired) electrons. The first-order valence-corrected chi connectivity index (χ1v) is 9.40. The van der Waals surface area contributed by atoms with E-state index in [1.54, 1.807) is 12.1 Å². The van der Waals surface area contributed by atoms with Crippen LogP contribution in [0.1, 0.15) is 18.1 Å². The fraction of sp³-hybridized carbons (Fsp3) is 0.143. The van der Waals surface area contributed by atoms with Gasteiger partial charge in [0, 0.05) is 18.2 Å². The Balaban J connectivity index is 1.96. The number of rotatable bonds is 5. The van der Waals surface area contributed by atoms with Gasteiger partial charge in [0.2, 0.25) is 0 Å². The maximum Gasteiger partial charge on any atom is 0.272 e. The molecule has 0 saturated heterocycles. The maximum atomic E-state index is 12.3. The van der Waals surface area contributed by atoms with E-state index in [4.69, 9.17) is 6.42 Å². The minimum Gasteiger partial charge on any atom is -0.305 e. The Morgan fingerprint density at radius 2 is 2.18 bits per heavy atom. The molecule has 0 aliphatic rings. The average molecular weight is 391 g/mol. The van der Waals surface area contributed by atoms with Gasteiger partial charge < -0.3 is 4.57 Å². The predicted octanol–water partition coefficient (Wildman–Crippen LogP) is 3.95. The quantitative estimate of drug-likeness (QED) is 0.286. The van der Waals surface area contributed by atoms with Crippen LogP contribution in [0.4, 0.5) is 5.69 Å². The van der Waals surface area contributed by atoms with E-state index in [1.807, 2.05) is 16.7 Å². The summed E-state index contributed by atoms with van der Waals surface area (Å²) < 4.78 is 2.85. The van der Waals surface area contributed by atoms with E-state index in [-0.39, 0.29) is 5.69 Å². The van der Waals surface area contributed by atoms with Crippen molar-refractivity contribution >= 4 is 39.2 Å². The summed E-state index contributed by atoms with van der Waals surface area (Å²) in [5.41, 5.74) is 2.66. The summed E-state index contributed by atoms with van der Waals surface area (Å²) in [5, 5.41) is 10.8. The lowest BCUT2D eigenvalue weighted by atomic mass is 10.2. The molecule has 2 aromatic carbocycles. The first-order chi connectivity index (χ1) is 13.5. The highest BCUT2D eigenvalue weighted by molar-refractivity contribution is 7.16. The lowest BCUT2D eigenvalue weighted by molar-refractivity contribution is -0.384. The molecule has 0 atom stereocenters. The summed E-state index contributed by atoms with van der Waals surface area (Å²) >= 11 is 1.41. The highest BCUT2D eigenvalue weighted by Gasteiger charge is 2.08. The summed E-state index contributed by atoms with van der Waals surface area (Å²) in [6.07, 6.45) is 9.19. The number of thiazole rings is 1. The summed E-state index contributed by atoms with van der Waals surface area (Å²) in [6, 6.07) is 12.1. The van der Waals surface area contributed by atoms with Gasteiger partial charge in [-0.2, -0.15) is 4.99 Å². The molecule has 28 heavy (non-hydrogen) atoms. The summed E-state index contributed by atoms with van der Waals surface area (Å²) in [7, 11) is 0. The molecule has 0 spiro atoms. The number of nitro groups is 1. The third-order valence-electron chi connectivity index (χ3n) is 4.11. The van der Waals surface area contributed by atoms with Gasteiger partial charge in [0.1, 0.15) is 0 Å². The van der Waals surface area contributed by atoms with Crippen molar-refractivity contribution in [3.8, 4) is 12.3 Å².